The van der Waals surface area contributed by atoms with Gasteiger partial charge in [0.1, 0.15) is 0 Å². The number of esters is 1. The Balaban J connectivity index is 3.02. The quantitative estimate of drug-likeness (QED) is 0.797. The second-order valence-corrected chi connectivity index (χ2v) is 3.37. The Labute approximate surface area is 99.9 Å². The van der Waals surface area contributed by atoms with E-state index in [1.54, 1.807) is 0 Å². The number of phenolic OH excluding ortho intramolecular Hbond substituents is 1. The van der Waals surface area contributed by atoms with E-state index in [9.17, 15) is 9.90 Å². The molecule has 0 aromatic heterocycles. The highest BCUT2D eigenvalue weighted by Gasteiger charge is 2.16. The van der Waals surface area contributed by atoms with Crippen molar-refractivity contribution in [3.63, 3.8) is 0 Å². The molecule has 0 saturated carbocycles. The van der Waals surface area contributed by atoms with E-state index in [0.29, 0.717) is 6.61 Å². The van der Waals surface area contributed by atoms with Crippen LogP contribution in [0.4, 0.5) is 0 Å². The molecule has 17 heavy (non-hydrogen) atoms. The second kappa shape index (κ2) is 5.98. The molecule has 0 bridgehead atoms. The van der Waals surface area contributed by atoms with Gasteiger partial charge in [-0.2, -0.15) is 0 Å². The molecule has 0 radical (unpaired) electrons. The van der Waals surface area contributed by atoms with Crippen LogP contribution >= 0.6 is 0 Å². The number of hydrogen-bond donors (Lipinski definition) is 1. The summed E-state index contributed by atoms with van der Waals surface area (Å²) in [6, 6.07) is 2.76. The number of hydrogen-bond acceptors (Lipinski definition) is 5. The molecule has 0 amide bonds. The molecule has 0 aliphatic carbocycles. The standard InChI is InChI=1S/C12H16O5/c1-4-5-17-12(14)8-6-9(13)11(16-3)10(7-8)15-2/h6-7,13H,4-5H2,1-3H3. The molecule has 1 N–H and O–H groups in total. The summed E-state index contributed by atoms with van der Waals surface area (Å²) in [4.78, 5) is 11.6. The van der Waals surface area contributed by atoms with Crippen LogP contribution in [0.25, 0.3) is 0 Å². The fraction of sp³-hybridized carbons (Fsp3) is 0.417. The largest absolute Gasteiger partial charge is 0.504 e. The monoisotopic (exact) mass is 240 g/mol. The smallest absolute Gasteiger partial charge is 0.338 e. The van der Waals surface area contributed by atoms with Crippen LogP contribution in [0.15, 0.2) is 12.1 Å². The van der Waals surface area contributed by atoms with Crippen molar-refractivity contribution in [3.8, 4) is 17.2 Å². The van der Waals surface area contributed by atoms with Crippen molar-refractivity contribution in [1.82, 2.24) is 0 Å². The number of phenols is 1. The SMILES string of the molecule is CCCOC(=O)c1cc(O)c(OC)c(OC)c1. The number of aromatic hydroxyl groups is 1. The third-order valence-corrected chi connectivity index (χ3v) is 2.13. The first-order valence-corrected chi connectivity index (χ1v) is 5.26. The van der Waals surface area contributed by atoms with Gasteiger partial charge in [-0.15, -0.1) is 0 Å². The maximum Gasteiger partial charge on any atom is 0.338 e. The molecule has 0 atom stereocenters. The van der Waals surface area contributed by atoms with Crippen molar-refractivity contribution in [2.24, 2.45) is 0 Å². The molecule has 5 heteroatoms. The summed E-state index contributed by atoms with van der Waals surface area (Å²) in [7, 11) is 2.84. The Bertz CT molecular complexity index is 400. The molecule has 5 nitrogen and oxygen atoms in total. The molecule has 0 saturated heterocycles. The van der Waals surface area contributed by atoms with E-state index in [4.69, 9.17) is 14.2 Å². The average Bonchev–Trinajstić information content (AvgIpc) is 2.34. The van der Waals surface area contributed by atoms with Gasteiger partial charge in [0.25, 0.3) is 0 Å². The average molecular weight is 240 g/mol. The zero-order valence-electron chi connectivity index (χ0n) is 10.1. The summed E-state index contributed by atoms with van der Waals surface area (Å²) < 4.78 is 14.9. The van der Waals surface area contributed by atoms with Gasteiger partial charge in [-0.05, 0) is 18.6 Å². The van der Waals surface area contributed by atoms with E-state index in [0.717, 1.165) is 6.42 Å². The van der Waals surface area contributed by atoms with Crippen molar-refractivity contribution in [3.05, 3.63) is 17.7 Å². The van der Waals surface area contributed by atoms with Crippen molar-refractivity contribution in [1.29, 1.82) is 0 Å². The van der Waals surface area contributed by atoms with Crippen molar-refractivity contribution in [2.45, 2.75) is 13.3 Å². The first-order chi connectivity index (χ1) is 8.13. The first kappa shape index (κ1) is 13.2. The van der Waals surface area contributed by atoms with Crippen LogP contribution in [0.3, 0.4) is 0 Å². The molecule has 0 aliphatic rings. The Hall–Kier alpha value is -1.91. The number of carbonyl (C=O) groups excluding carboxylic acids is 1. The lowest BCUT2D eigenvalue weighted by Gasteiger charge is -2.11. The summed E-state index contributed by atoms with van der Waals surface area (Å²) in [6.07, 6.45) is 0.741. The third-order valence-electron chi connectivity index (χ3n) is 2.13. The minimum absolute atomic E-state index is 0.157. The zero-order chi connectivity index (χ0) is 12.8. The molecule has 0 unspecified atom stereocenters. The van der Waals surface area contributed by atoms with Crippen LogP contribution < -0.4 is 9.47 Å². The van der Waals surface area contributed by atoms with Gasteiger partial charge in [0.05, 0.1) is 26.4 Å². The number of benzene rings is 1. The van der Waals surface area contributed by atoms with Crippen LogP contribution in [0.1, 0.15) is 23.7 Å². The lowest BCUT2D eigenvalue weighted by molar-refractivity contribution is 0.0504. The summed E-state index contributed by atoms with van der Waals surface area (Å²) in [5.41, 5.74) is 0.230. The van der Waals surface area contributed by atoms with Crippen molar-refractivity contribution < 1.29 is 24.1 Å². The van der Waals surface area contributed by atoms with Gasteiger partial charge in [-0.1, -0.05) is 6.92 Å². The molecule has 0 heterocycles. The first-order valence-electron chi connectivity index (χ1n) is 5.26. The molecular weight excluding hydrogens is 224 g/mol. The van der Waals surface area contributed by atoms with E-state index in [1.165, 1.54) is 26.4 Å². The fourth-order valence-corrected chi connectivity index (χ4v) is 1.34. The van der Waals surface area contributed by atoms with Gasteiger partial charge in [-0.25, -0.2) is 4.79 Å². The summed E-state index contributed by atoms with van der Waals surface area (Å²) in [6.45, 7) is 2.24. The maximum absolute atomic E-state index is 11.6. The van der Waals surface area contributed by atoms with E-state index in [-0.39, 0.29) is 22.8 Å². The maximum atomic E-state index is 11.6. The number of rotatable bonds is 5. The highest BCUT2D eigenvalue weighted by molar-refractivity contribution is 5.91. The van der Waals surface area contributed by atoms with E-state index in [2.05, 4.69) is 0 Å². The number of ether oxygens (including phenoxy) is 3. The van der Waals surface area contributed by atoms with Crippen LogP contribution in [0, 0.1) is 0 Å². The molecule has 1 aromatic rings. The Kier molecular flexibility index (Phi) is 4.63. The zero-order valence-corrected chi connectivity index (χ0v) is 10.1. The fourth-order valence-electron chi connectivity index (χ4n) is 1.34. The summed E-state index contributed by atoms with van der Waals surface area (Å²) >= 11 is 0. The predicted octanol–water partition coefficient (Wildman–Crippen LogP) is 1.98. The highest BCUT2D eigenvalue weighted by Crippen LogP contribution is 2.37. The topological polar surface area (TPSA) is 65.0 Å². The van der Waals surface area contributed by atoms with Gasteiger partial charge < -0.3 is 19.3 Å². The van der Waals surface area contributed by atoms with E-state index >= 15 is 0 Å². The Morgan fingerprint density at radius 2 is 2.00 bits per heavy atom. The van der Waals surface area contributed by atoms with Crippen molar-refractivity contribution in [2.75, 3.05) is 20.8 Å². The number of methoxy groups -OCH3 is 2. The lowest BCUT2D eigenvalue weighted by atomic mass is 10.2. The normalized spacial score (nSPS) is 9.82. The van der Waals surface area contributed by atoms with Crippen LogP contribution in [0.5, 0.6) is 17.2 Å². The minimum Gasteiger partial charge on any atom is -0.504 e. The van der Waals surface area contributed by atoms with Crippen LogP contribution in [-0.2, 0) is 4.74 Å². The van der Waals surface area contributed by atoms with Gasteiger partial charge in [0, 0.05) is 0 Å². The molecule has 1 aromatic carbocycles. The third kappa shape index (κ3) is 3.03. The van der Waals surface area contributed by atoms with Crippen molar-refractivity contribution >= 4 is 5.97 Å². The predicted molar refractivity (Wildman–Crippen MR) is 61.8 cm³/mol. The lowest BCUT2D eigenvalue weighted by Crippen LogP contribution is -2.06. The van der Waals surface area contributed by atoms with Crippen LogP contribution in [-0.4, -0.2) is 31.9 Å². The summed E-state index contributed by atoms with van der Waals surface area (Å²) in [5.74, 6) is -0.172. The molecule has 1 rings (SSSR count). The molecule has 0 fully saturated rings. The molecule has 94 valence electrons. The second-order valence-electron chi connectivity index (χ2n) is 3.37. The minimum atomic E-state index is -0.497. The molecule has 0 aliphatic heterocycles. The molecule has 0 spiro atoms. The Morgan fingerprint density at radius 3 is 2.53 bits per heavy atom. The highest BCUT2D eigenvalue weighted by atomic mass is 16.5. The van der Waals surface area contributed by atoms with E-state index in [1.807, 2.05) is 6.92 Å². The van der Waals surface area contributed by atoms with Gasteiger partial charge >= 0.3 is 5.97 Å². The number of carbonyl (C=O) groups is 1. The molecular formula is C12H16O5. The van der Waals surface area contributed by atoms with E-state index < -0.39 is 5.97 Å². The van der Waals surface area contributed by atoms with Gasteiger partial charge in [-0.3, -0.25) is 0 Å². The Morgan fingerprint density at radius 1 is 1.29 bits per heavy atom. The van der Waals surface area contributed by atoms with Crippen LogP contribution in [0.2, 0.25) is 0 Å². The summed E-state index contributed by atoms with van der Waals surface area (Å²) in [5, 5.41) is 9.66. The van der Waals surface area contributed by atoms with Gasteiger partial charge in [0.2, 0.25) is 5.75 Å². The van der Waals surface area contributed by atoms with Gasteiger partial charge in [0.15, 0.2) is 11.5 Å².